The first-order valence-electron chi connectivity index (χ1n) is 10.7. The number of aromatic nitrogens is 2. The molecular formula is C24H20ClF2N3O3. The number of hydrogen-bond acceptors (Lipinski definition) is 4. The van der Waals surface area contributed by atoms with Gasteiger partial charge in [-0.2, -0.15) is 0 Å². The predicted octanol–water partition coefficient (Wildman–Crippen LogP) is 5.15. The summed E-state index contributed by atoms with van der Waals surface area (Å²) >= 11 is 6.47. The van der Waals surface area contributed by atoms with E-state index in [1.807, 2.05) is 6.07 Å². The molecule has 33 heavy (non-hydrogen) atoms. The smallest absolute Gasteiger partial charge is 0.264 e. The van der Waals surface area contributed by atoms with E-state index >= 15 is 0 Å². The lowest BCUT2D eigenvalue weighted by Crippen LogP contribution is -2.29. The summed E-state index contributed by atoms with van der Waals surface area (Å²) in [6.07, 6.45) is 2.23. The molecule has 2 heterocycles. The van der Waals surface area contributed by atoms with E-state index < -0.39 is 17.5 Å². The number of rotatable bonds is 4. The van der Waals surface area contributed by atoms with Gasteiger partial charge in [-0.25, -0.2) is 8.78 Å². The van der Waals surface area contributed by atoms with Crippen molar-refractivity contribution in [2.24, 2.45) is 5.92 Å². The standard InChI is InChI=1S/C24H20ClF2N3O3/c1-12-20-22(29-33-12)21-16(25)3-2-4-19(21)30(24(20)32)15-7-5-13(9-15)11-28-23(31)14-6-8-17(26)18(27)10-14/h2-4,6,8,10,13,15H,5,7,9,11H2,1H3,(H,28,31)/t13-,15+/m0/s1. The van der Waals surface area contributed by atoms with E-state index in [0.29, 0.717) is 45.6 Å². The molecule has 6 nitrogen and oxygen atoms in total. The number of carbonyl (C=O) groups excluding carboxylic acids is 1. The third-order valence-electron chi connectivity index (χ3n) is 6.40. The van der Waals surface area contributed by atoms with Crippen LogP contribution in [0.25, 0.3) is 21.8 Å². The van der Waals surface area contributed by atoms with Crippen molar-refractivity contribution in [1.82, 2.24) is 15.0 Å². The summed E-state index contributed by atoms with van der Waals surface area (Å²) in [5.74, 6) is -1.95. The Morgan fingerprint density at radius 2 is 2.03 bits per heavy atom. The van der Waals surface area contributed by atoms with Gasteiger partial charge in [-0.1, -0.05) is 22.8 Å². The van der Waals surface area contributed by atoms with Crippen LogP contribution in [0.1, 0.15) is 41.4 Å². The van der Waals surface area contributed by atoms with Gasteiger partial charge in [0, 0.05) is 23.5 Å². The number of carbonyl (C=O) groups is 1. The molecule has 0 unspecified atom stereocenters. The molecule has 2 atom stereocenters. The summed E-state index contributed by atoms with van der Waals surface area (Å²) in [6, 6.07) is 8.39. The maximum Gasteiger partial charge on any atom is 0.264 e. The van der Waals surface area contributed by atoms with Crippen LogP contribution in [0.5, 0.6) is 0 Å². The van der Waals surface area contributed by atoms with Crippen molar-refractivity contribution in [3.05, 3.63) is 74.7 Å². The zero-order valence-electron chi connectivity index (χ0n) is 17.7. The summed E-state index contributed by atoms with van der Waals surface area (Å²) in [6.45, 7) is 2.07. The Morgan fingerprint density at radius 1 is 1.21 bits per heavy atom. The highest BCUT2D eigenvalue weighted by atomic mass is 35.5. The van der Waals surface area contributed by atoms with E-state index in [9.17, 15) is 18.4 Å². The Bertz CT molecular complexity index is 1460. The Kier molecular flexibility index (Phi) is 5.40. The van der Waals surface area contributed by atoms with Crippen LogP contribution >= 0.6 is 11.6 Å². The van der Waals surface area contributed by atoms with Crippen LogP contribution in [-0.2, 0) is 0 Å². The number of nitrogens with one attached hydrogen (secondary N) is 1. The lowest BCUT2D eigenvalue weighted by atomic mass is 10.1. The average Bonchev–Trinajstić information content (AvgIpc) is 3.41. The number of amides is 1. The highest BCUT2D eigenvalue weighted by Gasteiger charge is 2.30. The lowest BCUT2D eigenvalue weighted by Gasteiger charge is -2.19. The molecule has 1 aliphatic carbocycles. The van der Waals surface area contributed by atoms with Gasteiger partial charge in [-0.05, 0) is 62.4 Å². The summed E-state index contributed by atoms with van der Waals surface area (Å²) in [4.78, 5) is 25.8. The summed E-state index contributed by atoms with van der Waals surface area (Å²) in [5, 5.41) is 8.46. The Hall–Kier alpha value is -3.26. The number of pyridine rings is 1. The number of fused-ring (bicyclic) bond motifs is 3. The molecule has 2 aromatic heterocycles. The minimum Gasteiger partial charge on any atom is -0.360 e. The highest BCUT2D eigenvalue weighted by molar-refractivity contribution is 6.37. The van der Waals surface area contributed by atoms with Crippen molar-refractivity contribution >= 4 is 39.3 Å². The second-order valence-corrected chi connectivity index (χ2v) is 8.85. The minimum absolute atomic E-state index is 0.0636. The van der Waals surface area contributed by atoms with E-state index in [1.54, 1.807) is 23.6 Å². The monoisotopic (exact) mass is 471 g/mol. The topological polar surface area (TPSA) is 77.1 Å². The van der Waals surface area contributed by atoms with Gasteiger partial charge < -0.3 is 14.4 Å². The van der Waals surface area contributed by atoms with Crippen molar-refractivity contribution in [2.45, 2.75) is 32.2 Å². The molecule has 170 valence electrons. The van der Waals surface area contributed by atoms with E-state index in [1.165, 1.54) is 6.07 Å². The third-order valence-corrected chi connectivity index (χ3v) is 6.71. The normalized spacial score (nSPS) is 18.3. The molecule has 2 aromatic carbocycles. The fourth-order valence-electron chi connectivity index (χ4n) is 4.78. The Labute approximate surface area is 192 Å². The van der Waals surface area contributed by atoms with Gasteiger partial charge in [0.2, 0.25) is 0 Å². The second kappa shape index (κ2) is 8.26. The van der Waals surface area contributed by atoms with Gasteiger partial charge in [0.25, 0.3) is 11.5 Å². The van der Waals surface area contributed by atoms with Gasteiger partial charge in [0.05, 0.1) is 10.5 Å². The molecule has 5 rings (SSSR count). The zero-order valence-corrected chi connectivity index (χ0v) is 18.5. The first kappa shape index (κ1) is 21.6. The van der Waals surface area contributed by atoms with Crippen molar-refractivity contribution in [3.8, 4) is 0 Å². The highest BCUT2D eigenvalue weighted by Crippen LogP contribution is 2.38. The molecule has 1 fully saturated rings. The van der Waals surface area contributed by atoms with E-state index in [4.69, 9.17) is 16.1 Å². The molecule has 4 aromatic rings. The van der Waals surface area contributed by atoms with Crippen LogP contribution in [0, 0.1) is 24.5 Å². The quantitative estimate of drug-likeness (QED) is 0.446. The maximum atomic E-state index is 13.4. The van der Waals surface area contributed by atoms with E-state index in [2.05, 4.69) is 10.5 Å². The van der Waals surface area contributed by atoms with Crippen LogP contribution in [0.3, 0.4) is 0 Å². The number of aryl methyl sites for hydroxylation is 1. The molecule has 0 spiro atoms. The van der Waals surface area contributed by atoms with Gasteiger partial charge in [0.15, 0.2) is 11.6 Å². The molecule has 0 aliphatic heterocycles. The van der Waals surface area contributed by atoms with Gasteiger partial charge >= 0.3 is 0 Å². The number of benzene rings is 2. The lowest BCUT2D eigenvalue weighted by molar-refractivity contribution is 0.0946. The Morgan fingerprint density at radius 3 is 2.82 bits per heavy atom. The fraction of sp³-hybridized carbons (Fsp3) is 0.292. The minimum atomic E-state index is -1.06. The van der Waals surface area contributed by atoms with Crippen molar-refractivity contribution < 1.29 is 18.1 Å². The predicted molar refractivity (Wildman–Crippen MR) is 121 cm³/mol. The second-order valence-electron chi connectivity index (χ2n) is 8.44. The van der Waals surface area contributed by atoms with Crippen LogP contribution < -0.4 is 10.9 Å². The SMILES string of the molecule is Cc1onc2c1c(=O)n([C@@H]1CC[C@H](CNC(=O)c3ccc(F)c(F)c3)C1)c1cccc(Cl)c21. The van der Waals surface area contributed by atoms with Crippen molar-refractivity contribution in [3.63, 3.8) is 0 Å². The molecular weight excluding hydrogens is 452 g/mol. The van der Waals surface area contributed by atoms with Crippen molar-refractivity contribution in [1.29, 1.82) is 0 Å². The molecule has 0 bridgehead atoms. The molecule has 1 amide bonds. The van der Waals surface area contributed by atoms with Crippen LogP contribution in [0.4, 0.5) is 8.78 Å². The number of nitrogens with zero attached hydrogens (tertiary/aromatic N) is 2. The molecule has 1 saturated carbocycles. The number of halogens is 3. The third kappa shape index (κ3) is 3.68. The average molecular weight is 472 g/mol. The van der Waals surface area contributed by atoms with Crippen LogP contribution in [0.15, 0.2) is 45.7 Å². The maximum absolute atomic E-state index is 13.4. The largest absolute Gasteiger partial charge is 0.360 e. The van der Waals surface area contributed by atoms with Gasteiger partial charge in [-0.15, -0.1) is 0 Å². The molecule has 9 heteroatoms. The van der Waals surface area contributed by atoms with Gasteiger partial charge in [0.1, 0.15) is 16.7 Å². The number of hydrogen-bond donors (Lipinski definition) is 1. The first-order chi connectivity index (χ1) is 15.8. The van der Waals surface area contributed by atoms with Crippen molar-refractivity contribution in [2.75, 3.05) is 6.54 Å². The van der Waals surface area contributed by atoms with Crippen LogP contribution in [-0.4, -0.2) is 22.2 Å². The van der Waals surface area contributed by atoms with Gasteiger partial charge in [-0.3, -0.25) is 9.59 Å². The zero-order chi connectivity index (χ0) is 23.3. The van der Waals surface area contributed by atoms with Crippen LogP contribution in [0.2, 0.25) is 5.02 Å². The van der Waals surface area contributed by atoms with E-state index in [-0.39, 0.29) is 23.1 Å². The molecule has 0 radical (unpaired) electrons. The molecule has 1 aliphatic rings. The first-order valence-corrected chi connectivity index (χ1v) is 11.0. The Balaban J connectivity index is 1.40. The molecule has 0 saturated heterocycles. The fourth-order valence-corrected chi connectivity index (χ4v) is 5.04. The summed E-state index contributed by atoms with van der Waals surface area (Å²) in [7, 11) is 0. The van der Waals surface area contributed by atoms with E-state index in [0.717, 1.165) is 25.0 Å². The molecule has 1 N–H and O–H groups in total. The summed E-state index contributed by atoms with van der Waals surface area (Å²) < 4.78 is 33.6. The summed E-state index contributed by atoms with van der Waals surface area (Å²) in [5.41, 5.74) is 1.05.